The topological polar surface area (TPSA) is 94.2 Å². The fourth-order valence-corrected chi connectivity index (χ4v) is 5.09. The number of nitrogens with zero attached hydrogens (tertiary/aromatic N) is 1. The summed E-state index contributed by atoms with van der Waals surface area (Å²) >= 11 is 0. The number of ether oxygens (including phenoxy) is 3. The Hall–Kier alpha value is -3.54. The van der Waals surface area contributed by atoms with Gasteiger partial charge in [0.2, 0.25) is 0 Å². The smallest absolute Gasteiger partial charge is 0.410 e. The lowest BCUT2D eigenvalue weighted by molar-refractivity contribution is -0.00449. The molecule has 0 spiro atoms. The van der Waals surface area contributed by atoms with Gasteiger partial charge >= 0.3 is 6.09 Å². The van der Waals surface area contributed by atoms with E-state index in [0.717, 1.165) is 12.1 Å². The number of sulfonamides is 1. The van der Waals surface area contributed by atoms with Crippen molar-refractivity contribution in [1.29, 1.82) is 0 Å². The third kappa shape index (κ3) is 8.97. The van der Waals surface area contributed by atoms with E-state index in [1.54, 1.807) is 45.0 Å². The van der Waals surface area contributed by atoms with Crippen LogP contribution in [0.2, 0.25) is 0 Å². The Kier molecular flexibility index (Phi) is 10.8. The van der Waals surface area contributed by atoms with Gasteiger partial charge in [-0.15, -0.1) is 0 Å². The van der Waals surface area contributed by atoms with E-state index in [-0.39, 0.29) is 35.9 Å². The maximum atomic E-state index is 14.2. The molecule has 41 heavy (non-hydrogen) atoms. The second-order valence-electron chi connectivity index (χ2n) is 10.2. The minimum atomic E-state index is -4.02. The van der Waals surface area contributed by atoms with Crippen LogP contribution in [0, 0.1) is 11.6 Å². The van der Waals surface area contributed by atoms with Crippen LogP contribution in [0.3, 0.4) is 0 Å². The molecule has 3 aromatic carbocycles. The fourth-order valence-electron chi connectivity index (χ4n) is 4.04. The Labute approximate surface area is 240 Å². The number of hydrogen-bond donors (Lipinski definition) is 1. The highest BCUT2D eigenvalue weighted by atomic mass is 32.2. The molecule has 0 aliphatic carbocycles. The van der Waals surface area contributed by atoms with Crippen molar-refractivity contribution >= 4 is 21.8 Å². The van der Waals surface area contributed by atoms with Crippen molar-refractivity contribution in [3.63, 3.8) is 0 Å². The molecule has 11 heteroatoms. The molecule has 1 amide bonds. The molecule has 0 saturated heterocycles. The lowest BCUT2D eigenvalue weighted by Crippen LogP contribution is -2.42. The predicted molar refractivity (Wildman–Crippen MR) is 153 cm³/mol. The third-order valence-corrected chi connectivity index (χ3v) is 7.35. The molecule has 0 radical (unpaired) electrons. The molecule has 0 aliphatic heterocycles. The summed E-state index contributed by atoms with van der Waals surface area (Å²) in [5.74, 6) is -1.45. The summed E-state index contributed by atoms with van der Waals surface area (Å²) < 4.78 is 72.9. The first-order valence-corrected chi connectivity index (χ1v) is 14.6. The molecule has 0 aliphatic rings. The maximum Gasteiger partial charge on any atom is 0.410 e. The van der Waals surface area contributed by atoms with Gasteiger partial charge in [0.15, 0.2) is 0 Å². The lowest BCUT2D eigenvalue weighted by atomic mass is 10.1. The number of amides is 1. The van der Waals surface area contributed by atoms with Crippen LogP contribution in [0.25, 0.3) is 11.1 Å². The number of carbonyl (C=O) groups excluding carboxylic acids is 1. The SMILES string of the molecule is CCOCC(c1cccc(NS(=O)(=O)c2ccc(-c3ccc(F)cc3F)cc2)c1)N(CCOC)C(=O)OC(C)(C)C. The van der Waals surface area contributed by atoms with E-state index in [9.17, 15) is 22.0 Å². The third-order valence-electron chi connectivity index (χ3n) is 5.95. The molecular formula is C30H36F2N2O6S. The number of carbonyl (C=O) groups is 1. The van der Waals surface area contributed by atoms with Gasteiger partial charge in [-0.2, -0.15) is 0 Å². The van der Waals surface area contributed by atoms with Gasteiger partial charge in [0, 0.05) is 37.6 Å². The molecule has 0 heterocycles. The number of methoxy groups -OCH3 is 1. The molecular weight excluding hydrogens is 554 g/mol. The van der Waals surface area contributed by atoms with Crippen LogP contribution >= 0.6 is 0 Å². The summed E-state index contributed by atoms with van der Waals surface area (Å²) in [6, 6.07) is 14.9. The molecule has 8 nitrogen and oxygen atoms in total. The van der Waals surface area contributed by atoms with Crippen molar-refractivity contribution in [2.45, 2.75) is 44.2 Å². The van der Waals surface area contributed by atoms with Crippen LogP contribution in [0.15, 0.2) is 71.6 Å². The van der Waals surface area contributed by atoms with Crippen LogP contribution in [-0.2, 0) is 24.2 Å². The summed E-state index contributed by atoms with van der Waals surface area (Å²) in [5, 5.41) is 0. The standard InChI is InChI=1S/C30H36F2N2O6S/c1-6-39-20-28(34(16-17-38-5)29(35)40-30(2,3)4)22-8-7-9-24(18-22)33-41(36,37)25-13-10-21(11-14-25)26-15-12-23(31)19-27(26)32/h7-15,18-19,28,33H,6,16-17,20H2,1-5H3. The minimum absolute atomic E-state index is 0.0458. The largest absolute Gasteiger partial charge is 0.444 e. The van der Waals surface area contributed by atoms with Crippen molar-refractivity contribution in [3.8, 4) is 11.1 Å². The second-order valence-corrected chi connectivity index (χ2v) is 11.9. The quantitative estimate of drug-likeness (QED) is 0.263. The highest BCUT2D eigenvalue weighted by Crippen LogP contribution is 2.29. The van der Waals surface area contributed by atoms with Crippen molar-refractivity contribution in [1.82, 2.24) is 4.90 Å². The normalized spacial score (nSPS) is 12.6. The molecule has 1 N–H and O–H groups in total. The van der Waals surface area contributed by atoms with Crippen LogP contribution in [0.1, 0.15) is 39.3 Å². The lowest BCUT2D eigenvalue weighted by Gasteiger charge is -2.33. The van der Waals surface area contributed by atoms with Crippen LogP contribution in [0.4, 0.5) is 19.3 Å². The number of halogens is 2. The molecule has 0 fully saturated rings. The first-order valence-electron chi connectivity index (χ1n) is 13.1. The predicted octanol–water partition coefficient (Wildman–Crippen LogP) is 6.39. The minimum Gasteiger partial charge on any atom is -0.444 e. The van der Waals surface area contributed by atoms with E-state index >= 15 is 0 Å². The number of benzene rings is 3. The molecule has 222 valence electrons. The Balaban J connectivity index is 1.88. The van der Waals surface area contributed by atoms with E-state index in [1.165, 1.54) is 42.3 Å². The Morgan fingerprint density at radius 3 is 2.34 bits per heavy atom. The van der Waals surface area contributed by atoms with Gasteiger partial charge in [-0.05, 0) is 75.2 Å². The van der Waals surface area contributed by atoms with Gasteiger partial charge in [-0.1, -0.05) is 24.3 Å². The zero-order valence-corrected chi connectivity index (χ0v) is 24.6. The molecule has 3 aromatic rings. The number of hydrogen-bond acceptors (Lipinski definition) is 6. The van der Waals surface area contributed by atoms with Crippen molar-refractivity contribution in [3.05, 3.63) is 83.9 Å². The Bertz CT molecular complexity index is 1430. The summed E-state index contributed by atoms with van der Waals surface area (Å²) in [4.78, 5) is 14.6. The molecule has 0 saturated carbocycles. The first kappa shape index (κ1) is 32.0. The van der Waals surface area contributed by atoms with E-state index in [4.69, 9.17) is 14.2 Å². The Morgan fingerprint density at radius 2 is 1.73 bits per heavy atom. The number of anilines is 1. The van der Waals surface area contributed by atoms with Gasteiger partial charge in [0.25, 0.3) is 10.0 Å². The average molecular weight is 591 g/mol. The molecule has 1 unspecified atom stereocenters. The van der Waals surface area contributed by atoms with E-state index in [1.807, 2.05) is 6.92 Å². The summed E-state index contributed by atoms with van der Waals surface area (Å²) in [6.07, 6.45) is -0.553. The first-order chi connectivity index (χ1) is 19.3. The number of rotatable bonds is 12. The second kappa shape index (κ2) is 13.9. The summed E-state index contributed by atoms with van der Waals surface area (Å²) in [5.41, 5.74) is 0.727. The Morgan fingerprint density at radius 1 is 1.02 bits per heavy atom. The summed E-state index contributed by atoms with van der Waals surface area (Å²) in [6.45, 7) is 8.19. The zero-order valence-electron chi connectivity index (χ0n) is 23.8. The molecule has 0 aromatic heterocycles. The highest BCUT2D eigenvalue weighted by Gasteiger charge is 2.30. The van der Waals surface area contributed by atoms with Gasteiger partial charge < -0.3 is 14.2 Å². The molecule has 3 rings (SSSR count). The van der Waals surface area contributed by atoms with Crippen LogP contribution < -0.4 is 4.72 Å². The summed E-state index contributed by atoms with van der Waals surface area (Å²) in [7, 11) is -2.49. The van der Waals surface area contributed by atoms with Crippen molar-refractivity contribution < 1.29 is 36.2 Å². The van der Waals surface area contributed by atoms with E-state index < -0.39 is 39.4 Å². The van der Waals surface area contributed by atoms with E-state index in [2.05, 4.69) is 4.72 Å². The highest BCUT2D eigenvalue weighted by molar-refractivity contribution is 7.92. The van der Waals surface area contributed by atoms with Crippen molar-refractivity contribution in [2.75, 3.05) is 38.2 Å². The molecule has 0 bridgehead atoms. The van der Waals surface area contributed by atoms with Crippen molar-refractivity contribution in [2.24, 2.45) is 0 Å². The van der Waals surface area contributed by atoms with Gasteiger partial charge in [-0.3, -0.25) is 9.62 Å². The molecule has 1 atom stereocenters. The zero-order chi connectivity index (χ0) is 30.2. The van der Waals surface area contributed by atoms with Crippen LogP contribution in [0.5, 0.6) is 0 Å². The van der Waals surface area contributed by atoms with E-state index in [0.29, 0.717) is 17.7 Å². The van der Waals surface area contributed by atoms with Gasteiger partial charge in [0.05, 0.1) is 24.2 Å². The average Bonchev–Trinajstić information content (AvgIpc) is 2.89. The number of nitrogens with one attached hydrogen (secondary N) is 1. The maximum absolute atomic E-state index is 14.2. The van der Waals surface area contributed by atoms with Gasteiger partial charge in [0.1, 0.15) is 17.2 Å². The monoisotopic (exact) mass is 590 g/mol. The fraction of sp³-hybridized carbons (Fsp3) is 0.367. The van der Waals surface area contributed by atoms with Gasteiger partial charge in [-0.25, -0.2) is 22.0 Å². The van der Waals surface area contributed by atoms with Crippen LogP contribution in [-0.4, -0.2) is 58.5 Å².